The second-order valence-electron chi connectivity index (χ2n) is 6.22. The lowest BCUT2D eigenvalue weighted by atomic mass is 10.0. The molecule has 1 aliphatic carbocycles. The first-order chi connectivity index (χ1) is 9.09. The molecule has 0 spiro atoms. The van der Waals surface area contributed by atoms with E-state index in [1.165, 1.54) is 31.4 Å². The summed E-state index contributed by atoms with van der Waals surface area (Å²) in [6.07, 6.45) is 4.88. The zero-order valence-electron chi connectivity index (χ0n) is 12.5. The number of hydrogen-bond acceptors (Lipinski definition) is 2. The van der Waals surface area contributed by atoms with Crippen molar-refractivity contribution < 1.29 is 5.11 Å². The third kappa shape index (κ3) is 3.50. The van der Waals surface area contributed by atoms with Gasteiger partial charge in [0.1, 0.15) is 0 Å². The topological polar surface area (TPSA) is 23.5 Å². The van der Waals surface area contributed by atoms with Crippen LogP contribution < -0.4 is 4.90 Å². The summed E-state index contributed by atoms with van der Waals surface area (Å²) in [6.45, 7) is 7.48. The predicted octanol–water partition coefficient (Wildman–Crippen LogP) is 4.14. The summed E-state index contributed by atoms with van der Waals surface area (Å²) in [4.78, 5) is 2.54. The van der Waals surface area contributed by atoms with Gasteiger partial charge in [-0.15, -0.1) is 0 Å². The Morgan fingerprint density at radius 2 is 1.79 bits per heavy atom. The second kappa shape index (κ2) is 6.42. The molecule has 0 amide bonds. The average Bonchev–Trinajstić information content (AvgIpc) is 2.89. The molecular weight excluding hydrogens is 234 g/mol. The first-order valence-electron chi connectivity index (χ1n) is 7.63. The van der Waals surface area contributed by atoms with Crippen LogP contribution in [0.5, 0.6) is 0 Å². The molecule has 2 rings (SSSR count). The van der Waals surface area contributed by atoms with Gasteiger partial charge in [-0.3, -0.25) is 0 Å². The van der Waals surface area contributed by atoms with E-state index in [1.807, 2.05) is 13.0 Å². The maximum Gasteiger partial charge on any atom is 0.0781 e. The standard InChI is InChI=1S/C17H27NO/c1-13(2)12-18(15-8-4-5-9-15)17-11-7-6-10-16(17)14(3)19/h6-7,10-11,13-15,19H,4-5,8-9,12H2,1-3H3/t14-/m0/s1. The molecule has 0 aliphatic heterocycles. The molecule has 1 aromatic carbocycles. The first-order valence-corrected chi connectivity index (χ1v) is 7.63. The molecule has 1 aliphatic rings. The van der Waals surface area contributed by atoms with E-state index in [-0.39, 0.29) is 0 Å². The molecule has 0 unspecified atom stereocenters. The molecule has 0 aromatic heterocycles. The van der Waals surface area contributed by atoms with Crippen LogP contribution in [-0.2, 0) is 0 Å². The number of rotatable bonds is 5. The van der Waals surface area contributed by atoms with Gasteiger partial charge in [0.05, 0.1) is 6.10 Å². The highest BCUT2D eigenvalue weighted by molar-refractivity contribution is 5.55. The van der Waals surface area contributed by atoms with E-state index in [0.717, 1.165) is 12.1 Å². The van der Waals surface area contributed by atoms with Gasteiger partial charge in [-0.25, -0.2) is 0 Å². The van der Waals surface area contributed by atoms with Crippen LogP contribution in [-0.4, -0.2) is 17.7 Å². The van der Waals surface area contributed by atoms with Gasteiger partial charge in [0.25, 0.3) is 0 Å². The van der Waals surface area contributed by atoms with Crippen LogP contribution in [0.15, 0.2) is 24.3 Å². The van der Waals surface area contributed by atoms with Gasteiger partial charge in [-0.2, -0.15) is 0 Å². The number of aliphatic hydroxyl groups excluding tert-OH is 1. The molecule has 0 heterocycles. The minimum absolute atomic E-state index is 0.396. The fourth-order valence-electron chi connectivity index (χ4n) is 3.16. The van der Waals surface area contributed by atoms with Crippen molar-refractivity contribution in [1.82, 2.24) is 0 Å². The largest absolute Gasteiger partial charge is 0.389 e. The minimum Gasteiger partial charge on any atom is -0.389 e. The van der Waals surface area contributed by atoms with Gasteiger partial charge in [-0.05, 0) is 31.7 Å². The highest BCUT2D eigenvalue weighted by atomic mass is 16.3. The molecule has 106 valence electrons. The van der Waals surface area contributed by atoms with E-state index in [4.69, 9.17) is 0 Å². The van der Waals surface area contributed by atoms with E-state index < -0.39 is 6.10 Å². The number of para-hydroxylation sites is 1. The van der Waals surface area contributed by atoms with Crippen molar-refractivity contribution in [2.75, 3.05) is 11.4 Å². The molecule has 19 heavy (non-hydrogen) atoms. The molecule has 1 saturated carbocycles. The van der Waals surface area contributed by atoms with E-state index >= 15 is 0 Å². The lowest BCUT2D eigenvalue weighted by Crippen LogP contribution is -2.37. The average molecular weight is 261 g/mol. The van der Waals surface area contributed by atoms with Crippen molar-refractivity contribution in [3.05, 3.63) is 29.8 Å². The van der Waals surface area contributed by atoms with Crippen LogP contribution in [0.1, 0.15) is 58.1 Å². The van der Waals surface area contributed by atoms with E-state index in [1.54, 1.807) is 0 Å². The van der Waals surface area contributed by atoms with Crippen molar-refractivity contribution in [3.8, 4) is 0 Å². The normalized spacial score (nSPS) is 17.9. The van der Waals surface area contributed by atoms with Crippen molar-refractivity contribution in [3.63, 3.8) is 0 Å². The molecule has 1 fully saturated rings. The lowest BCUT2D eigenvalue weighted by molar-refractivity contribution is 0.199. The van der Waals surface area contributed by atoms with Crippen LogP contribution in [0.4, 0.5) is 5.69 Å². The molecular formula is C17H27NO. The summed E-state index contributed by atoms with van der Waals surface area (Å²) < 4.78 is 0. The van der Waals surface area contributed by atoms with Crippen molar-refractivity contribution >= 4 is 5.69 Å². The monoisotopic (exact) mass is 261 g/mol. The van der Waals surface area contributed by atoms with Gasteiger partial charge in [0.15, 0.2) is 0 Å². The molecule has 1 aromatic rings. The Morgan fingerprint density at radius 1 is 1.16 bits per heavy atom. The third-order valence-electron chi connectivity index (χ3n) is 4.02. The fourth-order valence-corrected chi connectivity index (χ4v) is 3.16. The highest BCUT2D eigenvalue weighted by Crippen LogP contribution is 2.33. The number of aliphatic hydroxyl groups is 1. The molecule has 0 saturated heterocycles. The molecule has 2 heteroatoms. The van der Waals surface area contributed by atoms with Crippen LogP contribution in [0, 0.1) is 5.92 Å². The molecule has 2 nitrogen and oxygen atoms in total. The molecule has 0 bridgehead atoms. The van der Waals surface area contributed by atoms with Gasteiger partial charge in [-0.1, -0.05) is 44.9 Å². The van der Waals surface area contributed by atoms with Crippen LogP contribution in [0.2, 0.25) is 0 Å². The summed E-state index contributed by atoms with van der Waals surface area (Å²) >= 11 is 0. The van der Waals surface area contributed by atoms with Gasteiger partial charge in [0.2, 0.25) is 0 Å². The molecule has 1 N–H and O–H groups in total. The summed E-state index contributed by atoms with van der Waals surface area (Å²) in [5.74, 6) is 0.641. The summed E-state index contributed by atoms with van der Waals surface area (Å²) in [5, 5.41) is 10.0. The van der Waals surface area contributed by atoms with E-state index in [9.17, 15) is 5.11 Å². The van der Waals surface area contributed by atoms with Crippen LogP contribution in [0.25, 0.3) is 0 Å². The smallest absolute Gasteiger partial charge is 0.0781 e. The van der Waals surface area contributed by atoms with Crippen molar-refractivity contribution in [1.29, 1.82) is 0 Å². The van der Waals surface area contributed by atoms with Gasteiger partial charge >= 0.3 is 0 Å². The fraction of sp³-hybridized carbons (Fsp3) is 0.647. The lowest BCUT2D eigenvalue weighted by Gasteiger charge is -2.34. The zero-order chi connectivity index (χ0) is 13.8. The summed E-state index contributed by atoms with van der Waals surface area (Å²) in [5.41, 5.74) is 2.30. The number of nitrogens with zero attached hydrogens (tertiary/aromatic N) is 1. The number of hydrogen-bond donors (Lipinski definition) is 1. The Hall–Kier alpha value is -1.02. The number of benzene rings is 1. The predicted molar refractivity (Wildman–Crippen MR) is 81.5 cm³/mol. The van der Waals surface area contributed by atoms with E-state index in [0.29, 0.717) is 12.0 Å². The Bertz CT molecular complexity index is 394. The molecule has 1 atom stereocenters. The quantitative estimate of drug-likeness (QED) is 0.861. The third-order valence-corrected chi connectivity index (χ3v) is 4.02. The van der Waals surface area contributed by atoms with Crippen LogP contribution >= 0.6 is 0 Å². The SMILES string of the molecule is CC(C)CN(c1ccccc1[C@H](C)O)C1CCCC1. The Balaban J connectivity index is 2.31. The van der Waals surface area contributed by atoms with Gasteiger partial charge < -0.3 is 10.0 Å². The summed E-state index contributed by atoms with van der Waals surface area (Å²) in [7, 11) is 0. The van der Waals surface area contributed by atoms with Crippen molar-refractivity contribution in [2.24, 2.45) is 5.92 Å². The second-order valence-corrected chi connectivity index (χ2v) is 6.22. The van der Waals surface area contributed by atoms with Gasteiger partial charge in [0, 0.05) is 23.8 Å². The Labute approximate surface area is 117 Å². The number of anilines is 1. The maximum atomic E-state index is 10.0. The molecule has 0 radical (unpaired) electrons. The minimum atomic E-state index is -0.396. The Morgan fingerprint density at radius 3 is 2.37 bits per heavy atom. The maximum absolute atomic E-state index is 10.0. The van der Waals surface area contributed by atoms with Crippen molar-refractivity contribution in [2.45, 2.75) is 58.6 Å². The zero-order valence-corrected chi connectivity index (χ0v) is 12.5. The van der Waals surface area contributed by atoms with E-state index in [2.05, 4.69) is 36.9 Å². The highest BCUT2D eigenvalue weighted by Gasteiger charge is 2.25. The summed E-state index contributed by atoms with van der Waals surface area (Å²) in [6, 6.07) is 8.99. The van der Waals surface area contributed by atoms with Crippen LogP contribution in [0.3, 0.4) is 0 Å². The first kappa shape index (κ1) is 14.4. The Kier molecular flexibility index (Phi) is 4.87.